The third-order valence-corrected chi connectivity index (χ3v) is 7.93. The van der Waals surface area contributed by atoms with E-state index in [0.717, 1.165) is 47.2 Å². The van der Waals surface area contributed by atoms with Gasteiger partial charge in [0.2, 0.25) is 0 Å². The minimum absolute atomic E-state index is 0.0690. The Balaban J connectivity index is 1.46. The number of aromatic nitrogens is 2. The van der Waals surface area contributed by atoms with E-state index in [0.29, 0.717) is 6.54 Å². The molecule has 0 spiro atoms. The fraction of sp³-hybridized carbons (Fsp3) is 0.231. The molecule has 0 saturated heterocycles. The van der Waals surface area contributed by atoms with Crippen LogP contribution in [0.2, 0.25) is 0 Å². The molecule has 2 aromatic carbocycles. The number of thioether (sulfide) groups is 1. The quantitative estimate of drug-likeness (QED) is 0.208. The smallest absolute Gasteiger partial charge is 0.263 e. The van der Waals surface area contributed by atoms with Crippen molar-refractivity contribution in [1.29, 1.82) is 0 Å². The summed E-state index contributed by atoms with van der Waals surface area (Å²) in [6.45, 7) is 7.10. The highest BCUT2D eigenvalue weighted by atomic mass is 32.2. The van der Waals surface area contributed by atoms with Gasteiger partial charge in [-0.1, -0.05) is 78.5 Å². The molecule has 6 heteroatoms. The fourth-order valence-electron chi connectivity index (χ4n) is 4.21. The molecular weight excluding hydrogens is 434 g/mol. The van der Waals surface area contributed by atoms with Crippen molar-refractivity contribution in [2.45, 2.75) is 37.0 Å². The van der Waals surface area contributed by atoms with Crippen molar-refractivity contribution >= 4 is 33.3 Å². The van der Waals surface area contributed by atoms with E-state index in [1.54, 1.807) is 33.7 Å². The second kappa shape index (κ2) is 9.45. The molecule has 0 bridgehead atoms. The van der Waals surface area contributed by atoms with E-state index < -0.39 is 0 Å². The number of allylic oxidation sites excluding steroid dienone is 1. The van der Waals surface area contributed by atoms with Crippen LogP contribution in [0.1, 0.15) is 21.6 Å². The summed E-state index contributed by atoms with van der Waals surface area (Å²) in [5.74, 6) is 0.784. The number of rotatable bonds is 7. The van der Waals surface area contributed by atoms with E-state index in [2.05, 4.69) is 53.9 Å². The predicted octanol–water partition coefficient (Wildman–Crippen LogP) is 5.49. The summed E-state index contributed by atoms with van der Waals surface area (Å²) in [6.07, 6.45) is 2.67. The van der Waals surface area contributed by atoms with Gasteiger partial charge in [0.05, 0.1) is 5.39 Å². The lowest BCUT2D eigenvalue weighted by atomic mass is 10.0. The minimum atomic E-state index is 0.0690. The van der Waals surface area contributed by atoms with E-state index >= 15 is 0 Å². The van der Waals surface area contributed by atoms with Gasteiger partial charge >= 0.3 is 0 Å². The molecule has 4 aromatic rings. The molecule has 1 aliphatic heterocycles. The lowest BCUT2D eigenvalue weighted by Gasteiger charge is -2.26. The average Bonchev–Trinajstić information content (AvgIpc) is 3.19. The molecule has 1 aliphatic rings. The zero-order valence-corrected chi connectivity index (χ0v) is 19.5. The van der Waals surface area contributed by atoms with Crippen molar-refractivity contribution in [3.63, 3.8) is 0 Å². The molecule has 0 atom stereocenters. The van der Waals surface area contributed by atoms with Gasteiger partial charge in [-0.25, -0.2) is 4.98 Å². The summed E-state index contributed by atoms with van der Waals surface area (Å²) in [5.41, 5.74) is 3.81. The Morgan fingerprint density at radius 2 is 1.78 bits per heavy atom. The maximum absolute atomic E-state index is 13.5. The van der Waals surface area contributed by atoms with Gasteiger partial charge in [0.25, 0.3) is 5.56 Å². The Morgan fingerprint density at radius 3 is 2.50 bits per heavy atom. The highest BCUT2D eigenvalue weighted by Crippen LogP contribution is 2.34. The molecule has 4 nitrogen and oxygen atoms in total. The lowest BCUT2D eigenvalue weighted by molar-refractivity contribution is 0.249. The van der Waals surface area contributed by atoms with E-state index in [1.807, 2.05) is 18.2 Å². The fourth-order valence-corrected chi connectivity index (χ4v) is 6.48. The Hall–Kier alpha value is -2.67. The van der Waals surface area contributed by atoms with Gasteiger partial charge in [-0.2, -0.15) is 0 Å². The molecule has 2 aromatic heterocycles. The highest BCUT2D eigenvalue weighted by molar-refractivity contribution is 7.98. The normalized spacial score (nSPS) is 13.9. The molecule has 162 valence electrons. The summed E-state index contributed by atoms with van der Waals surface area (Å²) in [6, 6.07) is 20.9. The number of thiophene rings is 1. The van der Waals surface area contributed by atoms with Crippen LogP contribution in [0.5, 0.6) is 0 Å². The Bertz CT molecular complexity index is 1300. The van der Waals surface area contributed by atoms with Crippen LogP contribution in [0.4, 0.5) is 0 Å². The largest absolute Gasteiger partial charge is 0.294 e. The first-order valence-corrected chi connectivity index (χ1v) is 12.6. The molecule has 32 heavy (non-hydrogen) atoms. The van der Waals surface area contributed by atoms with Gasteiger partial charge in [0, 0.05) is 36.8 Å². The zero-order chi connectivity index (χ0) is 21.9. The van der Waals surface area contributed by atoms with Gasteiger partial charge in [-0.05, 0) is 23.1 Å². The average molecular weight is 460 g/mol. The third kappa shape index (κ3) is 4.31. The van der Waals surface area contributed by atoms with Crippen molar-refractivity contribution in [1.82, 2.24) is 14.5 Å². The molecule has 0 fully saturated rings. The van der Waals surface area contributed by atoms with Gasteiger partial charge in [-0.3, -0.25) is 14.3 Å². The maximum atomic E-state index is 13.5. The van der Waals surface area contributed by atoms with Crippen molar-refractivity contribution in [3.05, 3.63) is 105 Å². The predicted molar refractivity (Wildman–Crippen MR) is 134 cm³/mol. The summed E-state index contributed by atoms with van der Waals surface area (Å²) in [5, 5.41) is 1.58. The van der Waals surface area contributed by atoms with Crippen LogP contribution >= 0.6 is 23.1 Å². The second-order valence-electron chi connectivity index (χ2n) is 8.00. The Morgan fingerprint density at radius 1 is 1.06 bits per heavy atom. The van der Waals surface area contributed by atoms with Crippen LogP contribution in [-0.4, -0.2) is 21.0 Å². The molecule has 0 N–H and O–H groups in total. The number of nitrogens with zero attached hydrogens (tertiary/aromatic N) is 3. The molecule has 0 unspecified atom stereocenters. The van der Waals surface area contributed by atoms with E-state index in [4.69, 9.17) is 4.98 Å². The van der Waals surface area contributed by atoms with Crippen molar-refractivity contribution < 1.29 is 0 Å². The van der Waals surface area contributed by atoms with Crippen LogP contribution in [0.3, 0.4) is 0 Å². The van der Waals surface area contributed by atoms with E-state index in [1.165, 1.54) is 21.6 Å². The first kappa shape index (κ1) is 21.2. The van der Waals surface area contributed by atoms with Gasteiger partial charge in [-0.15, -0.1) is 17.9 Å². The van der Waals surface area contributed by atoms with Gasteiger partial charge < -0.3 is 0 Å². The standard InChI is InChI=1S/C26H25N3OS2/c1-2-14-29-25(30)23-21-13-15-28(16-19-9-5-3-6-10-19)17-22(21)32-24(23)27-26(29)31-18-20-11-7-4-8-12-20/h2-12H,1,13-18H2. The van der Waals surface area contributed by atoms with E-state index in [-0.39, 0.29) is 5.56 Å². The number of hydrogen-bond acceptors (Lipinski definition) is 5. The van der Waals surface area contributed by atoms with Crippen molar-refractivity contribution in [3.8, 4) is 0 Å². The highest BCUT2D eigenvalue weighted by Gasteiger charge is 2.25. The Kier molecular flexibility index (Phi) is 6.26. The molecule has 0 radical (unpaired) electrons. The number of hydrogen-bond donors (Lipinski definition) is 0. The molecule has 0 amide bonds. The van der Waals surface area contributed by atoms with Crippen molar-refractivity contribution in [2.24, 2.45) is 0 Å². The SMILES string of the molecule is C=CCn1c(SCc2ccccc2)nc2sc3c(c2c1=O)CCN(Cc1ccccc1)C3. The summed E-state index contributed by atoms with van der Waals surface area (Å²) in [4.78, 5) is 23.1. The van der Waals surface area contributed by atoms with Crippen LogP contribution in [0.25, 0.3) is 10.2 Å². The van der Waals surface area contributed by atoms with Crippen molar-refractivity contribution in [2.75, 3.05) is 6.54 Å². The lowest BCUT2D eigenvalue weighted by Crippen LogP contribution is -2.30. The topological polar surface area (TPSA) is 38.1 Å². The molecule has 3 heterocycles. The molecule has 5 rings (SSSR count). The second-order valence-corrected chi connectivity index (χ2v) is 10.0. The molecular formula is C26H25N3OS2. The first-order chi connectivity index (χ1) is 15.7. The van der Waals surface area contributed by atoms with Crippen LogP contribution < -0.4 is 5.56 Å². The third-order valence-electron chi connectivity index (χ3n) is 5.78. The summed E-state index contributed by atoms with van der Waals surface area (Å²) < 4.78 is 1.78. The maximum Gasteiger partial charge on any atom is 0.263 e. The van der Waals surface area contributed by atoms with E-state index in [9.17, 15) is 4.79 Å². The Labute approximate surface area is 196 Å². The van der Waals surface area contributed by atoms with Gasteiger partial charge in [0.1, 0.15) is 4.83 Å². The minimum Gasteiger partial charge on any atom is -0.294 e. The van der Waals surface area contributed by atoms with Crippen LogP contribution in [0.15, 0.2) is 83.3 Å². The first-order valence-electron chi connectivity index (χ1n) is 10.8. The van der Waals surface area contributed by atoms with Crippen LogP contribution in [-0.2, 0) is 31.8 Å². The molecule has 0 saturated carbocycles. The number of benzene rings is 2. The molecule has 0 aliphatic carbocycles. The summed E-state index contributed by atoms with van der Waals surface area (Å²) in [7, 11) is 0. The monoisotopic (exact) mass is 459 g/mol. The number of fused-ring (bicyclic) bond motifs is 3. The van der Waals surface area contributed by atoms with Crippen LogP contribution in [0, 0.1) is 0 Å². The summed E-state index contributed by atoms with van der Waals surface area (Å²) >= 11 is 3.30. The zero-order valence-electron chi connectivity index (χ0n) is 17.9. The van der Waals surface area contributed by atoms with Gasteiger partial charge in [0.15, 0.2) is 5.16 Å².